The Kier molecular flexibility index (Phi) is 5.58. The fraction of sp³-hybridized carbons (Fsp3) is 1.00. The van der Waals surface area contributed by atoms with E-state index >= 15 is 0 Å². The molecule has 0 saturated carbocycles. The molecule has 0 aromatic rings. The standard InChI is InChI=1S/C12H25NO2/c1-9-7-15-12(11(3)10(9)2)8-14-6-4-5-13/h9-12H,4-8,13H2,1-3H3/t9?,10-,11-,12?/m1/s1. The van der Waals surface area contributed by atoms with Gasteiger partial charge in [-0.2, -0.15) is 0 Å². The zero-order valence-corrected chi connectivity index (χ0v) is 10.2. The Hall–Kier alpha value is -0.120. The van der Waals surface area contributed by atoms with Crippen molar-refractivity contribution in [1.29, 1.82) is 0 Å². The van der Waals surface area contributed by atoms with Crippen LogP contribution in [0, 0.1) is 17.8 Å². The molecular weight excluding hydrogens is 190 g/mol. The zero-order valence-electron chi connectivity index (χ0n) is 10.2. The first-order valence-corrected chi connectivity index (χ1v) is 6.06. The fourth-order valence-corrected chi connectivity index (χ4v) is 2.02. The molecule has 1 aliphatic rings. The molecule has 0 bridgehead atoms. The molecule has 1 rings (SSSR count). The topological polar surface area (TPSA) is 44.5 Å². The molecule has 3 heteroatoms. The van der Waals surface area contributed by atoms with E-state index in [4.69, 9.17) is 15.2 Å². The molecule has 3 nitrogen and oxygen atoms in total. The average Bonchev–Trinajstić information content (AvgIpc) is 2.24. The molecule has 1 aliphatic heterocycles. The van der Waals surface area contributed by atoms with Crippen molar-refractivity contribution >= 4 is 0 Å². The predicted molar refractivity (Wildman–Crippen MR) is 61.7 cm³/mol. The van der Waals surface area contributed by atoms with E-state index in [0.29, 0.717) is 18.4 Å². The SMILES string of the molecule is CC1COC(COCCCN)[C@H](C)[C@@H]1C. The van der Waals surface area contributed by atoms with Crippen molar-refractivity contribution in [1.82, 2.24) is 0 Å². The van der Waals surface area contributed by atoms with Gasteiger partial charge in [-0.05, 0) is 30.7 Å². The summed E-state index contributed by atoms with van der Waals surface area (Å²) in [4.78, 5) is 0. The van der Waals surface area contributed by atoms with E-state index in [1.165, 1.54) is 0 Å². The van der Waals surface area contributed by atoms with Crippen LogP contribution in [0.1, 0.15) is 27.2 Å². The number of hydrogen-bond donors (Lipinski definition) is 1. The Morgan fingerprint density at radius 3 is 2.67 bits per heavy atom. The van der Waals surface area contributed by atoms with E-state index in [0.717, 1.165) is 32.2 Å². The summed E-state index contributed by atoms with van der Waals surface area (Å²) in [5.41, 5.74) is 5.40. The minimum Gasteiger partial charge on any atom is -0.379 e. The quantitative estimate of drug-likeness (QED) is 0.709. The van der Waals surface area contributed by atoms with Gasteiger partial charge in [-0.1, -0.05) is 20.8 Å². The second-order valence-electron chi connectivity index (χ2n) is 4.78. The molecule has 0 radical (unpaired) electrons. The smallest absolute Gasteiger partial charge is 0.0836 e. The molecule has 0 spiro atoms. The van der Waals surface area contributed by atoms with Crippen LogP contribution in [0.4, 0.5) is 0 Å². The van der Waals surface area contributed by atoms with Gasteiger partial charge in [0.1, 0.15) is 0 Å². The Morgan fingerprint density at radius 1 is 1.27 bits per heavy atom. The molecule has 0 aliphatic carbocycles. The third-order valence-corrected chi connectivity index (χ3v) is 3.66. The summed E-state index contributed by atoms with van der Waals surface area (Å²) in [6.45, 7) is 9.88. The lowest BCUT2D eigenvalue weighted by atomic mass is 9.80. The molecule has 0 amide bonds. The Morgan fingerprint density at radius 2 is 2.00 bits per heavy atom. The fourth-order valence-electron chi connectivity index (χ4n) is 2.02. The van der Waals surface area contributed by atoms with E-state index in [1.54, 1.807) is 0 Å². The molecule has 1 fully saturated rings. The summed E-state index contributed by atoms with van der Waals surface area (Å²) in [7, 11) is 0. The number of nitrogens with two attached hydrogens (primary N) is 1. The highest BCUT2D eigenvalue weighted by atomic mass is 16.5. The molecule has 2 N–H and O–H groups in total. The van der Waals surface area contributed by atoms with Crippen LogP contribution in [0.15, 0.2) is 0 Å². The van der Waals surface area contributed by atoms with Crippen LogP contribution in [0.2, 0.25) is 0 Å². The second-order valence-corrected chi connectivity index (χ2v) is 4.78. The largest absolute Gasteiger partial charge is 0.379 e. The van der Waals surface area contributed by atoms with Crippen LogP contribution in [0.5, 0.6) is 0 Å². The van der Waals surface area contributed by atoms with E-state index in [-0.39, 0.29) is 6.10 Å². The Labute approximate surface area is 93.3 Å². The summed E-state index contributed by atoms with van der Waals surface area (Å²) in [6, 6.07) is 0. The van der Waals surface area contributed by atoms with E-state index < -0.39 is 0 Å². The molecule has 4 atom stereocenters. The highest BCUT2D eigenvalue weighted by Crippen LogP contribution is 2.30. The highest BCUT2D eigenvalue weighted by molar-refractivity contribution is 4.79. The van der Waals surface area contributed by atoms with Gasteiger partial charge < -0.3 is 15.2 Å². The van der Waals surface area contributed by atoms with Crippen LogP contribution in [0.25, 0.3) is 0 Å². The van der Waals surface area contributed by atoms with E-state index in [9.17, 15) is 0 Å². The lowest BCUT2D eigenvalue weighted by Gasteiger charge is -2.38. The maximum atomic E-state index is 5.80. The van der Waals surface area contributed by atoms with Gasteiger partial charge >= 0.3 is 0 Å². The van der Waals surface area contributed by atoms with E-state index in [2.05, 4.69) is 20.8 Å². The molecule has 2 unspecified atom stereocenters. The van der Waals surface area contributed by atoms with Crippen LogP contribution in [-0.4, -0.2) is 32.5 Å². The Balaban J connectivity index is 2.23. The van der Waals surface area contributed by atoms with Gasteiger partial charge in [-0.25, -0.2) is 0 Å². The van der Waals surface area contributed by atoms with E-state index in [1.807, 2.05) is 0 Å². The van der Waals surface area contributed by atoms with Crippen LogP contribution in [0.3, 0.4) is 0 Å². The lowest BCUT2D eigenvalue weighted by molar-refractivity contribution is -0.109. The molecule has 15 heavy (non-hydrogen) atoms. The zero-order chi connectivity index (χ0) is 11.3. The van der Waals surface area contributed by atoms with Gasteiger partial charge in [-0.15, -0.1) is 0 Å². The van der Waals surface area contributed by atoms with Gasteiger partial charge in [0.2, 0.25) is 0 Å². The summed E-state index contributed by atoms with van der Waals surface area (Å²) in [5, 5.41) is 0. The minimum absolute atomic E-state index is 0.272. The molecular formula is C12H25NO2. The minimum atomic E-state index is 0.272. The number of hydrogen-bond acceptors (Lipinski definition) is 3. The maximum Gasteiger partial charge on any atom is 0.0836 e. The van der Waals surface area contributed by atoms with Crippen molar-refractivity contribution in [3.8, 4) is 0 Å². The van der Waals surface area contributed by atoms with Crippen LogP contribution >= 0.6 is 0 Å². The van der Waals surface area contributed by atoms with Crippen molar-refractivity contribution in [2.24, 2.45) is 23.5 Å². The summed E-state index contributed by atoms with van der Waals surface area (Å²) >= 11 is 0. The van der Waals surface area contributed by atoms with Gasteiger partial charge in [0, 0.05) is 13.2 Å². The van der Waals surface area contributed by atoms with Crippen LogP contribution in [-0.2, 0) is 9.47 Å². The van der Waals surface area contributed by atoms with Crippen molar-refractivity contribution < 1.29 is 9.47 Å². The lowest BCUT2D eigenvalue weighted by Crippen LogP contribution is -2.41. The third kappa shape index (κ3) is 3.74. The van der Waals surface area contributed by atoms with Gasteiger partial charge in [-0.3, -0.25) is 0 Å². The summed E-state index contributed by atoms with van der Waals surface area (Å²) in [6.07, 6.45) is 1.21. The number of ether oxygens (including phenoxy) is 2. The summed E-state index contributed by atoms with van der Waals surface area (Å²) in [5.74, 6) is 1.98. The average molecular weight is 215 g/mol. The first kappa shape index (κ1) is 12.9. The normalized spacial score (nSPS) is 36.8. The van der Waals surface area contributed by atoms with Crippen molar-refractivity contribution in [2.75, 3.05) is 26.4 Å². The Bertz CT molecular complexity index is 175. The van der Waals surface area contributed by atoms with Gasteiger partial charge in [0.05, 0.1) is 12.7 Å². The third-order valence-electron chi connectivity index (χ3n) is 3.66. The predicted octanol–water partition coefficient (Wildman–Crippen LogP) is 1.66. The van der Waals surface area contributed by atoms with Crippen molar-refractivity contribution in [3.05, 3.63) is 0 Å². The highest BCUT2D eigenvalue weighted by Gasteiger charge is 2.32. The molecule has 0 aromatic carbocycles. The molecule has 1 heterocycles. The molecule has 0 aromatic heterocycles. The van der Waals surface area contributed by atoms with Crippen LogP contribution < -0.4 is 5.73 Å². The second kappa shape index (κ2) is 6.46. The molecule has 90 valence electrons. The summed E-state index contributed by atoms with van der Waals surface area (Å²) < 4.78 is 11.4. The first-order chi connectivity index (χ1) is 7.16. The van der Waals surface area contributed by atoms with Crippen molar-refractivity contribution in [2.45, 2.75) is 33.3 Å². The first-order valence-electron chi connectivity index (χ1n) is 6.06. The number of rotatable bonds is 5. The van der Waals surface area contributed by atoms with Gasteiger partial charge in [0.15, 0.2) is 0 Å². The monoisotopic (exact) mass is 215 g/mol. The molecule has 1 saturated heterocycles. The maximum absolute atomic E-state index is 5.80. The van der Waals surface area contributed by atoms with Gasteiger partial charge in [0.25, 0.3) is 0 Å². The van der Waals surface area contributed by atoms with Crippen molar-refractivity contribution in [3.63, 3.8) is 0 Å².